The molecule has 170 valence electrons. The Morgan fingerprint density at radius 2 is 1.85 bits per heavy atom. The molecule has 0 radical (unpaired) electrons. The quantitative estimate of drug-likeness (QED) is 0.306. The van der Waals surface area contributed by atoms with Crippen molar-refractivity contribution < 1.29 is 4.79 Å². The van der Waals surface area contributed by atoms with Crippen LogP contribution in [-0.4, -0.2) is 31.0 Å². The van der Waals surface area contributed by atoms with Gasteiger partial charge in [-0.2, -0.15) is 5.10 Å². The van der Waals surface area contributed by atoms with Crippen LogP contribution in [0.4, 0.5) is 5.69 Å². The number of thioether (sulfide) groups is 1. The number of para-hydroxylation sites is 1. The second-order valence-corrected chi connectivity index (χ2v) is 9.04. The molecular weight excluding hydrogens is 458 g/mol. The molecule has 0 fully saturated rings. The Bertz CT molecular complexity index is 1380. The summed E-state index contributed by atoms with van der Waals surface area (Å²) in [5.41, 5.74) is 4.23. The zero-order valence-electron chi connectivity index (χ0n) is 18.6. The molecule has 0 saturated heterocycles. The first-order valence-electron chi connectivity index (χ1n) is 10.6. The van der Waals surface area contributed by atoms with Crippen LogP contribution in [0.25, 0.3) is 11.0 Å². The first-order chi connectivity index (χ1) is 15.9. The Morgan fingerprint density at radius 1 is 1.12 bits per heavy atom. The van der Waals surface area contributed by atoms with Gasteiger partial charge in [-0.05, 0) is 38.5 Å². The van der Waals surface area contributed by atoms with Gasteiger partial charge in [-0.1, -0.05) is 65.3 Å². The second-order valence-electron chi connectivity index (χ2n) is 7.69. The van der Waals surface area contributed by atoms with E-state index in [0.29, 0.717) is 45.7 Å². The highest BCUT2D eigenvalue weighted by atomic mass is 35.5. The summed E-state index contributed by atoms with van der Waals surface area (Å²) < 4.78 is 3.30. The van der Waals surface area contributed by atoms with Gasteiger partial charge in [0.1, 0.15) is 5.52 Å². The zero-order chi connectivity index (χ0) is 23.5. The van der Waals surface area contributed by atoms with Crippen molar-refractivity contribution in [2.45, 2.75) is 39.0 Å². The molecule has 2 aromatic carbocycles. The highest BCUT2D eigenvalue weighted by Gasteiger charge is 2.19. The molecule has 0 aliphatic rings. The van der Waals surface area contributed by atoms with Crippen molar-refractivity contribution in [3.63, 3.8) is 0 Å². The number of carbonyl (C=O) groups excluding carboxylic acids is 1. The average molecular weight is 482 g/mol. The maximum absolute atomic E-state index is 13.5. The summed E-state index contributed by atoms with van der Waals surface area (Å²) in [5.74, 6) is -0.150. The van der Waals surface area contributed by atoms with Crippen molar-refractivity contribution in [1.82, 2.24) is 19.3 Å². The highest BCUT2D eigenvalue weighted by molar-refractivity contribution is 7.99. The third-order valence-electron chi connectivity index (χ3n) is 5.22. The number of anilines is 1. The number of benzene rings is 2. The molecule has 4 aromatic rings. The molecule has 0 atom stereocenters. The number of aromatic nitrogens is 4. The van der Waals surface area contributed by atoms with E-state index >= 15 is 0 Å². The number of halogens is 1. The minimum atomic E-state index is -0.231. The third kappa shape index (κ3) is 4.96. The van der Waals surface area contributed by atoms with E-state index in [1.165, 1.54) is 11.8 Å². The van der Waals surface area contributed by atoms with E-state index in [1.807, 2.05) is 45.0 Å². The maximum Gasteiger partial charge on any atom is 0.280 e. The lowest BCUT2D eigenvalue weighted by molar-refractivity contribution is -0.113. The Labute approximate surface area is 200 Å². The van der Waals surface area contributed by atoms with Gasteiger partial charge in [0.05, 0.1) is 28.7 Å². The fourth-order valence-corrected chi connectivity index (χ4v) is 4.50. The van der Waals surface area contributed by atoms with Gasteiger partial charge in [0.2, 0.25) is 5.91 Å². The maximum atomic E-state index is 13.5. The van der Waals surface area contributed by atoms with Gasteiger partial charge in [0, 0.05) is 6.54 Å². The Kier molecular flexibility index (Phi) is 6.85. The molecule has 33 heavy (non-hydrogen) atoms. The fraction of sp³-hybridized carbons (Fsp3) is 0.250. The number of fused-ring (bicyclic) bond motifs is 1. The smallest absolute Gasteiger partial charge is 0.280 e. The largest absolute Gasteiger partial charge is 0.324 e. The summed E-state index contributed by atoms with van der Waals surface area (Å²) in [6.45, 7) is 6.72. The van der Waals surface area contributed by atoms with Crippen LogP contribution in [-0.2, 0) is 17.9 Å². The number of aryl methyl sites for hydroxylation is 3. The Balaban J connectivity index is 1.68. The SMILES string of the molecule is CCn1nc(C)c2nc(SCC(=O)Nc3ccccc3Cl)n(Cc3ccc(C)cc3)c(=O)c21. The number of nitrogens with zero attached hydrogens (tertiary/aromatic N) is 4. The Morgan fingerprint density at radius 3 is 2.55 bits per heavy atom. The van der Waals surface area contributed by atoms with Gasteiger partial charge < -0.3 is 5.32 Å². The first-order valence-corrected chi connectivity index (χ1v) is 11.9. The van der Waals surface area contributed by atoms with Crippen LogP contribution in [0.5, 0.6) is 0 Å². The predicted octanol–water partition coefficient (Wildman–Crippen LogP) is 4.66. The first kappa shape index (κ1) is 23.1. The van der Waals surface area contributed by atoms with E-state index in [0.717, 1.165) is 11.1 Å². The summed E-state index contributed by atoms with van der Waals surface area (Å²) in [6, 6.07) is 15.1. The van der Waals surface area contributed by atoms with Crippen molar-refractivity contribution in [3.8, 4) is 0 Å². The van der Waals surface area contributed by atoms with E-state index in [1.54, 1.807) is 33.5 Å². The molecule has 1 amide bonds. The van der Waals surface area contributed by atoms with Crippen molar-refractivity contribution in [3.05, 3.63) is 80.7 Å². The molecule has 2 heterocycles. The van der Waals surface area contributed by atoms with Gasteiger partial charge in [0.25, 0.3) is 5.56 Å². The summed E-state index contributed by atoms with van der Waals surface area (Å²) >= 11 is 7.36. The molecule has 0 bridgehead atoms. The topological polar surface area (TPSA) is 81.8 Å². The lowest BCUT2D eigenvalue weighted by Crippen LogP contribution is -2.26. The minimum Gasteiger partial charge on any atom is -0.324 e. The van der Waals surface area contributed by atoms with Gasteiger partial charge in [-0.25, -0.2) is 4.98 Å². The second kappa shape index (κ2) is 9.80. The number of rotatable bonds is 7. The van der Waals surface area contributed by atoms with Crippen LogP contribution in [0.15, 0.2) is 58.5 Å². The van der Waals surface area contributed by atoms with Crippen molar-refractivity contribution in [1.29, 1.82) is 0 Å². The summed E-state index contributed by atoms with van der Waals surface area (Å²) in [6.07, 6.45) is 0. The summed E-state index contributed by atoms with van der Waals surface area (Å²) in [4.78, 5) is 30.9. The molecule has 7 nitrogen and oxygen atoms in total. The van der Waals surface area contributed by atoms with Crippen LogP contribution in [0.1, 0.15) is 23.7 Å². The van der Waals surface area contributed by atoms with E-state index in [2.05, 4.69) is 10.4 Å². The van der Waals surface area contributed by atoms with Crippen molar-refractivity contribution >= 4 is 46.0 Å². The molecule has 4 rings (SSSR count). The highest BCUT2D eigenvalue weighted by Crippen LogP contribution is 2.23. The molecule has 0 saturated carbocycles. The Hall–Kier alpha value is -3.10. The average Bonchev–Trinajstić information content (AvgIpc) is 3.13. The van der Waals surface area contributed by atoms with Crippen LogP contribution < -0.4 is 10.9 Å². The monoisotopic (exact) mass is 481 g/mol. The number of hydrogen-bond acceptors (Lipinski definition) is 5. The molecule has 2 aromatic heterocycles. The van der Waals surface area contributed by atoms with Crippen molar-refractivity contribution in [2.24, 2.45) is 0 Å². The molecule has 0 unspecified atom stereocenters. The summed E-state index contributed by atoms with van der Waals surface area (Å²) in [5, 5.41) is 8.22. The molecule has 0 aliphatic carbocycles. The summed E-state index contributed by atoms with van der Waals surface area (Å²) in [7, 11) is 0. The van der Waals surface area contributed by atoms with Gasteiger partial charge in [-0.15, -0.1) is 0 Å². The number of carbonyl (C=O) groups is 1. The minimum absolute atomic E-state index is 0.0814. The number of nitrogens with one attached hydrogen (secondary N) is 1. The van der Waals surface area contributed by atoms with Gasteiger partial charge in [-0.3, -0.25) is 18.8 Å². The van der Waals surface area contributed by atoms with E-state index in [-0.39, 0.29) is 17.2 Å². The molecule has 9 heteroatoms. The van der Waals surface area contributed by atoms with E-state index in [4.69, 9.17) is 16.6 Å². The van der Waals surface area contributed by atoms with Crippen LogP contribution in [0.3, 0.4) is 0 Å². The standard InChI is InChI=1S/C24H24ClN5O2S/c1-4-30-22-21(16(3)28-30)27-24(29(23(22)32)13-17-11-9-15(2)10-12-17)33-14-20(31)26-19-8-6-5-7-18(19)25/h5-12H,4,13-14H2,1-3H3,(H,26,31). The molecule has 1 N–H and O–H groups in total. The van der Waals surface area contributed by atoms with Gasteiger partial charge >= 0.3 is 0 Å². The third-order valence-corrected chi connectivity index (χ3v) is 6.53. The number of amides is 1. The normalized spacial score (nSPS) is 11.2. The molecule has 0 spiro atoms. The lowest BCUT2D eigenvalue weighted by atomic mass is 10.1. The van der Waals surface area contributed by atoms with Gasteiger partial charge in [0.15, 0.2) is 10.7 Å². The number of hydrogen-bond donors (Lipinski definition) is 1. The fourth-order valence-electron chi connectivity index (χ4n) is 3.52. The van der Waals surface area contributed by atoms with Crippen molar-refractivity contribution in [2.75, 3.05) is 11.1 Å². The van der Waals surface area contributed by atoms with E-state index in [9.17, 15) is 9.59 Å². The molecular formula is C24H24ClN5O2S. The van der Waals surface area contributed by atoms with Crippen LogP contribution >= 0.6 is 23.4 Å². The zero-order valence-corrected chi connectivity index (χ0v) is 20.2. The van der Waals surface area contributed by atoms with Crippen LogP contribution in [0.2, 0.25) is 5.02 Å². The lowest BCUT2D eigenvalue weighted by Gasteiger charge is -2.13. The molecule has 0 aliphatic heterocycles. The predicted molar refractivity (Wildman–Crippen MR) is 133 cm³/mol. The van der Waals surface area contributed by atoms with Crippen LogP contribution in [0, 0.1) is 13.8 Å². The van der Waals surface area contributed by atoms with E-state index < -0.39 is 0 Å².